The van der Waals surface area contributed by atoms with Gasteiger partial charge in [-0.15, -0.1) is 0 Å². The number of anilines is 2. The van der Waals surface area contributed by atoms with Gasteiger partial charge in [0.15, 0.2) is 0 Å². The number of morpholine rings is 1. The van der Waals surface area contributed by atoms with Crippen LogP contribution in [-0.4, -0.2) is 53.8 Å². The van der Waals surface area contributed by atoms with Crippen molar-refractivity contribution in [3.8, 4) is 0 Å². The van der Waals surface area contributed by atoms with Crippen molar-refractivity contribution in [1.82, 2.24) is 15.0 Å². The van der Waals surface area contributed by atoms with Crippen LogP contribution in [0.5, 0.6) is 0 Å². The summed E-state index contributed by atoms with van der Waals surface area (Å²) in [6.45, 7) is 8.51. The third-order valence-corrected chi connectivity index (χ3v) is 4.44. The Morgan fingerprint density at radius 1 is 1.05 bits per heavy atom. The summed E-state index contributed by atoms with van der Waals surface area (Å²) in [6, 6.07) is 0.435. The van der Waals surface area contributed by atoms with Crippen molar-refractivity contribution in [2.24, 2.45) is 5.92 Å². The minimum Gasteiger partial charge on any atom is -0.378 e. The molecular weight excluding hydrogens is 290 g/mol. The van der Waals surface area contributed by atoms with Crippen LogP contribution in [0.4, 0.5) is 11.9 Å². The lowest BCUT2D eigenvalue weighted by Gasteiger charge is -2.37. The van der Waals surface area contributed by atoms with Crippen LogP contribution in [0, 0.1) is 5.92 Å². The summed E-state index contributed by atoms with van der Waals surface area (Å²) < 4.78 is 5.37. The lowest BCUT2D eigenvalue weighted by molar-refractivity contribution is 0.122. The lowest BCUT2D eigenvalue weighted by Crippen LogP contribution is -2.42. The van der Waals surface area contributed by atoms with Crippen LogP contribution in [0.15, 0.2) is 0 Å². The van der Waals surface area contributed by atoms with Gasteiger partial charge in [-0.05, 0) is 37.3 Å². The number of nitrogens with zero attached hydrogens (tertiary/aromatic N) is 5. The molecule has 0 aromatic carbocycles. The predicted octanol–water partition coefficient (Wildman–Crippen LogP) is 1.99. The van der Waals surface area contributed by atoms with Crippen LogP contribution in [-0.2, 0) is 4.74 Å². The summed E-state index contributed by atoms with van der Waals surface area (Å²) in [4.78, 5) is 17.6. The monoisotopic (exact) mass is 311 g/mol. The molecule has 0 amide bonds. The molecular formula is C14H22ClN5O. The molecule has 0 radical (unpaired) electrons. The van der Waals surface area contributed by atoms with Crippen molar-refractivity contribution in [2.75, 3.05) is 42.6 Å². The van der Waals surface area contributed by atoms with Gasteiger partial charge in [0.1, 0.15) is 0 Å². The number of hydrogen-bond donors (Lipinski definition) is 0. The van der Waals surface area contributed by atoms with Crippen molar-refractivity contribution in [3.63, 3.8) is 0 Å². The van der Waals surface area contributed by atoms with Gasteiger partial charge in [-0.2, -0.15) is 15.0 Å². The van der Waals surface area contributed by atoms with E-state index < -0.39 is 0 Å². The van der Waals surface area contributed by atoms with E-state index >= 15 is 0 Å². The number of piperidine rings is 1. The Balaban J connectivity index is 1.83. The first-order chi connectivity index (χ1) is 10.1. The zero-order chi connectivity index (χ0) is 14.8. The molecule has 3 rings (SSSR count). The molecule has 3 heterocycles. The summed E-state index contributed by atoms with van der Waals surface area (Å²) in [5, 5.41) is 0.271. The van der Waals surface area contributed by atoms with Gasteiger partial charge in [-0.3, -0.25) is 0 Å². The van der Waals surface area contributed by atoms with Gasteiger partial charge < -0.3 is 14.5 Å². The molecule has 0 saturated carbocycles. The molecule has 2 unspecified atom stereocenters. The van der Waals surface area contributed by atoms with E-state index in [-0.39, 0.29) is 5.28 Å². The van der Waals surface area contributed by atoms with Crippen molar-refractivity contribution in [1.29, 1.82) is 0 Å². The quantitative estimate of drug-likeness (QED) is 0.832. The van der Waals surface area contributed by atoms with E-state index in [1.807, 2.05) is 0 Å². The first-order valence-corrected chi connectivity index (χ1v) is 8.02. The molecule has 0 spiro atoms. The van der Waals surface area contributed by atoms with E-state index in [9.17, 15) is 0 Å². The standard InChI is InChI=1S/C14H22ClN5O/c1-10-3-4-20(11(2)9-10)14-17-12(15)16-13(18-14)19-5-7-21-8-6-19/h10-11H,3-9H2,1-2H3. The Morgan fingerprint density at radius 2 is 1.76 bits per heavy atom. The molecule has 6 nitrogen and oxygen atoms in total. The molecule has 2 saturated heterocycles. The SMILES string of the molecule is CC1CCN(c2nc(Cl)nc(N3CCOCC3)n2)C(C)C1. The second-order valence-corrected chi connectivity index (χ2v) is 6.31. The maximum Gasteiger partial charge on any atom is 0.231 e. The maximum absolute atomic E-state index is 6.12. The topological polar surface area (TPSA) is 54.4 Å². The van der Waals surface area contributed by atoms with Crippen LogP contribution < -0.4 is 9.80 Å². The number of rotatable bonds is 2. The maximum atomic E-state index is 6.12. The number of hydrogen-bond acceptors (Lipinski definition) is 6. The van der Waals surface area contributed by atoms with Crippen molar-refractivity contribution >= 4 is 23.5 Å². The molecule has 2 fully saturated rings. The fraction of sp³-hybridized carbons (Fsp3) is 0.786. The molecule has 0 N–H and O–H groups in total. The Bertz CT molecular complexity index is 494. The summed E-state index contributed by atoms with van der Waals surface area (Å²) in [6.07, 6.45) is 2.33. The highest BCUT2D eigenvalue weighted by molar-refractivity contribution is 6.28. The van der Waals surface area contributed by atoms with Gasteiger partial charge in [0.25, 0.3) is 0 Å². The molecule has 116 valence electrons. The smallest absolute Gasteiger partial charge is 0.231 e. The Morgan fingerprint density at radius 3 is 2.48 bits per heavy atom. The molecule has 7 heteroatoms. The molecule has 0 bridgehead atoms. The third-order valence-electron chi connectivity index (χ3n) is 4.27. The van der Waals surface area contributed by atoms with E-state index in [1.54, 1.807) is 0 Å². The number of aromatic nitrogens is 3. The largest absolute Gasteiger partial charge is 0.378 e. The summed E-state index contributed by atoms with van der Waals surface area (Å²) >= 11 is 6.12. The third kappa shape index (κ3) is 3.37. The molecule has 2 aliphatic rings. The molecule has 21 heavy (non-hydrogen) atoms. The fourth-order valence-electron chi connectivity index (χ4n) is 3.07. The van der Waals surface area contributed by atoms with E-state index in [4.69, 9.17) is 16.3 Å². The zero-order valence-corrected chi connectivity index (χ0v) is 13.4. The highest BCUT2D eigenvalue weighted by Gasteiger charge is 2.26. The molecule has 0 aliphatic carbocycles. The second kappa shape index (κ2) is 6.32. The van der Waals surface area contributed by atoms with E-state index in [2.05, 4.69) is 38.6 Å². The van der Waals surface area contributed by atoms with Crippen molar-refractivity contribution in [2.45, 2.75) is 32.7 Å². The van der Waals surface area contributed by atoms with Gasteiger partial charge in [0.05, 0.1) is 13.2 Å². The minimum atomic E-state index is 0.271. The van der Waals surface area contributed by atoms with Crippen LogP contribution in [0.1, 0.15) is 26.7 Å². The van der Waals surface area contributed by atoms with Gasteiger partial charge in [0, 0.05) is 25.7 Å². The van der Waals surface area contributed by atoms with Gasteiger partial charge in [-0.1, -0.05) is 6.92 Å². The van der Waals surface area contributed by atoms with Crippen LogP contribution in [0.3, 0.4) is 0 Å². The zero-order valence-electron chi connectivity index (χ0n) is 12.6. The Kier molecular flexibility index (Phi) is 4.45. The fourth-order valence-corrected chi connectivity index (χ4v) is 3.22. The first kappa shape index (κ1) is 14.8. The summed E-state index contributed by atoms with van der Waals surface area (Å²) in [7, 11) is 0. The molecule has 2 atom stereocenters. The highest BCUT2D eigenvalue weighted by Crippen LogP contribution is 2.27. The highest BCUT2D eigenvalue weighted by atomic mass is 35.5. The van der Waals surface area contributed by atoms with E-state index in [0.717, 1.165) is 32.0 Å². The molecule has 2 aliphatic heterocycles. The van der Waals surface area contributed by atoms with Gasteiger partial charge in [-0.25, -0.2) is 0 Å². The second-order valence-electron chi connectivity index (χ2n) is 5.98. The molecule has 1 aromatic rings. The average Bonchev–Trinajstić information content (AvgIpc) is 2.47. The van der Waals surface area contributed by atoms with E-state index in [0.29, 0.717) is 31.2 Å². The van der Waals surface area contributed by atoms with Crippen LogP contribution >= 0.6 is 11.6 Å². The lowest BCUT2D eigenvalue weighted by atomic mass is 9.94. The Hall–Kier alpha value is -1.14. The average molecular weight is 312 g/mol. The van der Waals surface area contributed by atoms with Gasteiger partial charge in [0.2, 0.25) is 17.2 Å². The van der Waals surface area contributed by atoms with Gasteiger partial charge >= 0.3 is 0 Å². The molecule has 1 aromatic heterocycles. The first-order valence-electron chi connectivity index (χ1n) is 7.64. The predicted molar refractivity (Wildman–Crippen MR) is 83.1 cm³/mol. The van der Waals surface area contributed by atoms with Crippen LogP contribution in [0.2, 0.25) is 5.28 Å². The van der Waals surface area contributed by atoms with Crippen molar-refractivity contribution in [3.05, 3.63) is 5.28 Å². The van der Waals surface area contributed by atoms with E-state index in [1.165, 1.54) is 6.42 Å². The summed E-state index contributed by atoms with van der Waals surface area (Å²) in [5.74, 6) is 2.13. The number of ether oxygens (including phenoxy) is 1. The minimum absolute atomic E-state index is 0.271. The Labute approximate surface area is 130 Å². The number of halogens is 1. The van der Waals surface area contributed by atoms with Crippen molar-refractivity contribution < 1.29 is 4.74 Å². The summed E-state index contributed by atoms with van der Waals surface area (Å²) in [5.41, 5.74) is 0. The van der Waals surface area contributed by atoms with Crippen LogP contribution in [0.25, 0.3) is 0 Å². The normalized spacial score (nSPS) is 27.0.